The summed E-state index contributed by atoms with van der Waals surface area (Å²) in [5, 5.41) is 16.2. The van der Waals surface area contributed by atoms with Gasteiger partial charge in [0.25, 0.3) is 0 Å². The fourth-order valence-electron chi connectivity index (χ4n) is 2.45. The molecular formula is C12H18N2O2S. The third-order valence-corrected chi connectivity index (χ3v) is 4.78. The van der Waals surface area contributed by atoms with Gasteiger partial charge in [-0.15, -0.1) is 0 Å². The molecule has 1 aromatic rings. The SMILES string of the molecule is CC1CCC(NCc2csc([N+](=O)[O-])c2)C1C. The summed E-state index contributed by atoms with van der Waals surface area (Å²) in [6.45, 7) is 5.32. The lowest BCUT2D eigenvalue weighted by Crippen LogP contribution is -2.31. The minimum atomic E-state index is -0.325. The third kappa shape index (κ3) is 2.84. The van der Waals surface area contributed by atoms with Crippen molar-refractivity contribution >= 4 is 16.3 Å². The average molecular weight is 254 g/mol. The molecule has 0 saturated heterocycles. The van der Waals surface area contributed by atoms with Crippen molar-refractivity contribution in [1.29, 1.82) is 0 Å². The molecule has 1 aliphatic carbocycles. The normalized spacial score (nSPS) is 28.5. The minimum Gasteiger partial charge on any atom is -0.310 e. The number of rotatable bonds is 4. The van der Waals surface area contributed by atoms with Crippen LogP contribution in [0.1, 0.15) is 32.3 Å². The van der Waals surface area contributed by atoms with E-state index in [1.807, 2.05) is 5.38 Å². The van der Waals surface area contributed by atoms with Crippen molar-refractivity contribution in [1.82, 2.24) is 5.32 Å². The summed E-state index contributed by atoms with van der Waals surface area (Å²) in [6, 6.07) is 2.23. The van der Waals surface area contributed by atoms with Gasteiger partial charge in [0.1, 0.15) is 0 Å². The van der Waals surface area contributed by atoms with E-state index in [1.54, 1.807) is 6.07 Å². The van der Waals surface area contributed by atoms with Crippen LogP contribution in [-0.2, 0) is 6.54 Å². The van der Waals surface area contributed by atoms with Gasteiger partial charge >= 0.3 is 5.00 Å². The number of thiophene rings is 1. The lowest BCUT2D eigenvalue weighted by Gasteiger charge is -2.19. The number of nitro groups is 1. The molecule has 1 heterocycles. The molecule has 1 fully saturated rings. The quantitative estimate of drug-likeness (QED) is 0.663. The number of hydrogen-bond donors (Lipinski definition) is 1. The van der Waals surface area contributed by atoms with Gasteiger partial charge in [-0.05, 0) is 30.2 Å². The van der Waals surface area contributed by atoms with Crippen LogP contribution in [0.15, 0.2) is 11.4 Å². The molecule has 94 valence electrons. The van der Waals surface area contributed by atoms with Crippen molar-refractivity contribution in [2.24, 2.45) is 11.8 Å². The van der Waals surface area contributed by atoms with Crippen molar-refractivity contribution in [3.8, 4) is 0 Å². The van der Waals surface area contributed by atoms with E-state index in [1.165, 1.54) is 24.2 Å². The summed E-state index contributed by atoms with van der Waals surface area (Å²) in [5.74, 6) is 1.48. The van der Waals surface area contributed by atoms with E-state index in [0.717, 1.165) is 18.0 Å². The van der Waals surface area contributed by atoms with Crippen LogP contribution in [0.3, 0.4) is 0 Å². The van der Waals surface area contributed by atoms with Crippen LogP contribution in [0.4, 0.5) is 5.00 Å². The summed E-state index contributed by atoms with van der Waals surface area (Å²) in [5.41, 5.74) is 1.02. The van der Waals surface area contributed by atoms with Crippen LogP contribution in [0.25, 0.3) is 0 Å². The van der Waals surface area contributed by atoms with Gasteiger partial charge in [-0.3, -0.25) is 10.1 Å². The fraction of sp³-hybridized carbons (Fsp3) is 0.667. The first-order valence-corrected chi connectivity index (χ1v) is 6.91. The van der Waals surface area contributed by atoms with Crippen molar-refractivity contribution in [3.05, 3.63) is 27.1 Å². The van der Waals surface area contributed by atoms with Crippen LogP contribution >= 0.6 is 11.3 Å². The smallest absolute Gasteiger partial charge is 0.310 e. The first-order valence-electron chi connectivity index (χ1n) is 6.03. The van der Waals surface area contributed by atoms with Gasteiger partial charge in [-0.2, -0.15) is 0 Å². The van der Waals surface area contributed by atoms with E-state index in [4.69, 9.17) is 0 Å². The molecule has 0 bridgehead atoms. The second-order valence-corrected chi connectivity index (χ2v) is 5.84. The van der Waals surface area contributed by atoms with Gasteiger partial charge in [0, 0.05) is 24.0 Å². The molecule has 3 unspecified atom stereocenters. The van der Waals surface area contributed by atoms with Crippen molar-refractivity contribution in [3.63, 3.8) is 0 Å². The lowest BCUT2D eigenvalue weighted by molar-refractivity contribution is -0.380. The molecule has 0 radical (unpaired) electrons. The Balaban J connectivity index is 1.87. The molecule has 0 spiro atoms. The fourth-order valence-corrected chi connectivity index (χ4v) is 3.18. The summed E-state index contributed by atoms with van der Waals surface area (Å²) in [4.78, 5) is 10.2. The molecule has 5 heteroatoms. The highest BCUT2D eigenvalue weighted by Crippen LogP contribution is 2.31. The first-order chi connectivity index (χ1) is 8.08. The highest BCUT2D eigenvalue weighted by Gasteiger charge is 2.29. The van der Waals surface area contributed by atoms with Crippen LogP contribution in [0, 0.1) is 22.0 Å². The van der Waals surface area contributed by atoms with Crippen molar-refractivity contribution in [2.75, 3.05) is 0 Å². The van der Waals surface area contributed by atoms with Crippen molar-refractivity contribution in [2.45, 2.75) is 39.3 Å². The van der Waals surface area contributed by atoms with E-state index in [0.29, 0.717) is 12.0 Å². The third-order valence-electron chi connectivity index (χ3n) is 3.85. The molecule has 1 N–H and O–H groups in total. The van der Waals surface area contributed by atoms with Gasteiger partial charge in [0.05, 0.1) is 4.92 Å². The van der Waals surface area contributed by atoms with E-state index >= 15 is 0 Å². The van der Waals surface area contributed by atoms with Crippen molar-refractivity contribution < 1.29 is 4.92 Å². The Morgan fingerprint density at radius 1 is 1.53 bits per heavy atom. The highest BCUT2D eigenvalue weighted by molar-refractivity contribution is 7.13. The van der Waals surface area contributed by atoms with Gasteiger partial charge in [-0.25, -0.2) is 0 Å². The molecular weight excluding hydrogens is 236 g/mol. The maximum absolute atomic E-state index is 10.6. The van der Waals surface area contributed by atoms with Gasteiger partial charge in [0.15, 0.2) is 0 Å². The van der Waals surface area contributed by atoms with E-state index in [9.17, 15) is 10.1 Å². The standard InChI is InChI=1S/C12H18N2O2S/c1-8-3-4-11(9(8)2)13-6-10-5-12(14(15)16)17-7-10/h5,7-9,11,13H,3-4,6H2,1-2H3. The summed E-state index contributed by atoms with van der Waals surface area (Å²) < 4.78 is 0. The lowest BCUT2D eigenvalue weighted by atomic mass is 9.98. The van der Waals surface area contributed by atoms with Crippen LogP contribution in [0.5, 0.6) is 0 Å². The maximum atomic E-state index is 10.6. The van der Waals surface area contributed by atoms with Crippen LogP contribution < -0.4 is 5.32 Å². The zero-order valence-electron chi connectivity index (χ0n) is 10.2. The Labute approximate surface area is 105 Å². The molecule has 0 aromatic carbocycles. The zero-order valence-corrected chi connectivity index (χ0v) is 11.0. The Kier molecular flexibility index (Phi) is 3.79. The topological polar surface area (TPSA) is 55.2 Å². The molecule has 1 aliphatic rings. The summed E-state index contributed by atoms with van der Waals surface area (Å²) >= 11 is 1.20. The van der Waals surface area contributed by atoms with E-state index in [-0.39, 0.29) is 9.92 Å². The molecule has 1 aromatic heterocycles. The molecule has 0 amide bonds. The average Bonchev–Trinajstić information content (AvgIpc) is 2.86. The molecule has 1 saturated carbocycles. The number of nitrogens with zero attached hydrogens (tertiary/aromatic N) is 1. The predicted octanol–water partition coefficient (Wildman–Crippen LogP) is 3.18. The monoisotopic (exact) mass is 254 g/mol. The predicted molar refractivity (Wildman–Crippen MR) is 69.2 cm³/mol. The molecule has 0 aliphatic heterocycles. The summed E-state index contributed by atoms with van der Waals surface area (Å²) in [7, 11) is 0. The Bertz CT molecular complexity index is 405. The summed E-state index contributed by atoms with van der Waals surface area (Å²) in [6.07, 6.45) is 2.50. The Hall–Kier alpha value is -0.940. The van der Waals surface area contributed by atoms with Crippen LogP contribution in [0.2, 0.25) is 0 Å². The second kappa shape index (κ2) is 5.14. The largest absolute Gasteiger partial charge is 0.324 e. The maximum Gasteiger partial charge on any atom is 0.324 e. The Morgan fingerprint density at radius 2 is 2.29 bits per heavy atom. The van der Waals surface area contributed by atoms with Gasteiger partial charge < -0.3 is 5.32 Å². The molecule has 3 atom stereocenters. The number of nitrogens with one attached hydrogen (secondary N) is 1. The van der Waals surface area contributed by atoms with E-state index < -0.39 is 0 Å². The minimum absolute atomic E-state index is 0.231. The first kappa shape index (κ1) is 12.5. The molecule has 4 nitrogen and oxygen atoms in total. The Morgan fingerprint density at radius 3 is 2.82 bits per heavy atom. The van der Waals surface area contributed by atoms with Gasteiger partial charge in [0.2, 0.25) is 0 Å². The zero-order chi connectivity index (χ0) is 12.4. The second-order valence-electron chi connectivity index (χ2n) is 4.95. The molecule has 2 rings (SSSR count). The van der Waals surface area contributed by atoms with Gasteiger partial charge in [-0.1, -0.05) is 25.2 Å². The van der Waals surface area contributed by atoms with E-state index in [2.05, 4.69) is 19.2 Å². The van der Waals surface area contributed by atoms with Crippen LogP contribution in [-0.4, -0.2) is 11.0 Å². The number of hydrogen-bond acceptors (Lipinski definition) is 4. The highest BCUT2D eigenvalue weighted by atomic mass is 32.1. The molecule has 17 heavy (non-hydrogen) atoms.